The average Bonchev–Trinajstić information content (AvgIpc) is 2.76. The van der Waals surface area contributed by atoms with E-state index in [-0.39, 0.29) is 30.1 Å². The first-order valence-electron chi connectivity index (χ1n) is 6.61. The minimum Gasteiger partial charge on any atom is -0.290 e. The zero-order valence-electron chi connectivity index (χ0n) is 10.9. The quantitative estimate of drug-likeness (QED) is 0.775. The summed E-state index contributed by atoms with van der Waals surface area (Å²) in [5.41, 5.74) is 0.454. The zero-order valence-corrected chi connectivity index (χ0v) is 11.7. The highest BCUT2D eigenvalue weighted by molar-refractivity contribution is 7.99. The lowest BCUT2D eigenvalue weighted by atomic mass is 10.2. The summed E-state index contributed by atoms with van der Waals surface area (Å²) < 4.78 is 12.9. The minimum absolute atomic E-state index is 0.187. The van der Waals surface area contributed by atoms with Crippen molar-refractivity contribution in [2.24, 2.45) is 0 Å². The van der Waals surface area contributed by atoms with Crippen LogP contribution < -0.4 is 4.90 Å². The van der Waals surface area contributed by atoms with Gasteiger partial charge in [-0.2, -0.15) is 11.8 Å². The van der Waals surface area contributed by atoms with E-state index in [1.54, 1.807) is 0 Å². The van der Waals surface area contributed by atoms with Gasteiger partial charge in [0.15, 0.2) is 0 Å². The number of imide groups is 1. The van der Waals surface area contributed by atoms with Gasteiger partial charge in [-0.15, -0.1) is 0 Å². The van der Waals surface area contributed by atoms with Crippen LogP contribution in [0.25, 0.3) is 0 Å². The van der Waals surface area contributed by atoms with Crippen molar-refractivity contribution in [3.63, 3.8) is 0 Å². The highest BCUT2D eigenvalue weighted by Crippen LogP contribution is 2.27. The summed E-state index contributed by atoms with van der Waals surface area (Å²) in [7, 11) is 0. The van der Waals surface area contributed by atoms with Crippen LogP contribution in [0.15, 0.2) is 24.3 Å². The largest absolute Gasteiger partial charge is 0.290 e. The molecule has 20 heavy (non-hydrogen) atoms. The van der Waals surface area contributed by atoms with Crippen molar-refractivity contribution >= 4 is 29.3 Å². The number of carbonyl (C=O) groups excluding carboxylic acids is 2. The van der Waals surface area contributed by atoms with Gasteiger partial charge >= 0.3 is 0 Å². The smallest absolute Gasteiger partial charge is 0.251 e. The van der Waals surface area contributed by atoms with Crippen molar-refractivity contribution in [2.75, 3.05) is 29.5 Å². The van der Waals surface area contributed by atoms with Crippen molar-refractivity contribution in [1.82, 2.24) is 4.90 Å². The molecule has 0 aromatic heterocycles. The molecular weight excluding hydrogens is 279 g/mol. The average molecular weight is 294 g/mol. The molecule has 1 atom stereocenters. The summed E-state index contributed by atoms with van der Waals surface area (Å²) in [4.78, 5) is 27.8. The van der Waals surface area contributed by atoms with Gasteiger partial charge in [-0.3, -0.25) is 14.5 Å². The zero-order chi connectivity index (χ0) is 14.1. The molecule has 0 unspecified atom stereocenters. The van der Waals surface area contributed by atoms with Crippen LogP contribution in [0.1, 0.15) is 6.42 Å². The van der Waals surface area contributed by atoms with Gasteiger partial charge in [-0.1, -0.05) is 0 Å². The summed E-state index contributed by atoms with van der Waals surface area (Å²) >= 11 is 1.87. The van der Waals surface area contributed by atoms with Crippen molar-refractivity contribution in [3.8, 4) is 0 Å². The Morgan fingerprint density at radius 3 is 2.40 bits per heavy atom. The highest BCUT2D eigenvalue weighted by atomic mass is 32.2. The van der Waals surface area contributed by atoms with E-state index in [4.69, 9.17) is 0 Å². The van der Waals surface area contributed by atoms with Crippen LogP contribution in [0.3, 0.4) is 0 Å². The second-order valence-corrected chi connectivity index (χ2v) is 6.14. The maximum atomic E-state index is 12.9. The van der Waals surface area contributed by atoms with Crippen LogP contribution >= 0.6 is 11.8 Å². The van der Waals surface area contributed by atoms with Crippen LogP contribution in [0.5, 0.6) is 0 Å². The fourth-order valence-corrected chi connectivity index (χ4v) is 3.58. The predicted molar refractivity (Wildman–Crippen MR) is 76.2 cm³/mol. The third kappa shape index (κ3) is 2.45. The molecule has 2 fully saturated rings. The number of halogens is 1. The molecule has 0 bridgehead atoms. The molecule has 2 saturated heterocycles. The standard InChI is InChI=1S/C14H15FN2O2S/c15-10-1-3-11(4-2-10)17-13(18)9-12(14(17)19)16-5-7-20-8-6-16/h1-4,12H,5-9H2/t12-/m0/s1. The second-order valence-electron chi connectivity index (χ2n) is 4.91. The molecule has 3 rings (SSSR count). The molecule has 2 amide bonds. The van der Waals surface area contributed by atoms with E-state index in [0.717, 1.165) is 24.6 Å². The molecule has 2 aliphatic rings. The predicted octanol–water partition coefficient (Wildman–Crippen LogP) is 1.51. The van der Waals surface area contributed by atoms with E-state index < -0.39 is 0 Å². The van der Waals surface area contributed by atoms with Crippen LogP contribution in [-0.2, 0) is 9.59 Å². The summed E-state index contributed by atoms with van der Waals surface area (Å²) in [5.74, 6) is 1.22. The molecular formula is C14H15FN2O2S. The lowest BCUT2D eigenvalue weighted by Gasteiger charge is -2.30. The lowest BCUT2D eigenvalue weighted by Crippen LogP contribution is -2.45. The number of rotatable bonds is 2. The maximum absolute atomic E-state index is 12.9. The summed E-state index contributed by atoms with van der Waals surface area (Å²) in [6.45, 7) is 1.68. The van der Waals surface area contributed by atoms with Gasteiger partial charge in [0.05, 0.1) is 18.2 Å². The number of hydrogen-bond donors (Lipinski definition) is 0. The van der Waals surface area contributed by atoms with Crippen LogP contribution in [0.2, 0.25) is 0 Å². The van der Waals surface area contributed by atoms with Crippen molar-refractivity contribution < 1.29 is 14.0 Å². The van der Waals surface area contributed by atoms with E-state index in [2.05, 4.69) is 4.90 Å². The number of anilines is 1. The van der Waals surface area contributed by atoms with E-state index in [9.17, 15) is 14.0 Å². The number of thioether (sulfide) groups is 1. The topological polar surface area (TPSA) is 40.6 Å². The highest BCUT2D eigenvalue weighted by Gasteiger charge is 2.42. The van der Waals surface area contributed by atoms with Gasteiger partial charge in [0.2, 0.25) is 5.91 Å². The van der Waals surface area contributed by atoms with Gasteiger partial charge in [0, 0.05) is 24.6 Å². The first-order chi connectivity index (χ1) is 9.66. The molecule has 1 aromatic carbocycles. The van der Waals surface area contributed by atoms with Crippen LogP contribution in [0.4, 0.5) is 10.1 Å². The minimum atomic E-state index is -0.377. The normalized spacial score (nSPS) is 24.4. The Balaban J connectivity index is 1.81. The summed E-state index contributed by atoms with van der Waals surface area (Å²) in [6.07, 6.45) is 0.223. The van der Waals surface area contributed by atoms with Gasteiger partial charge in [0.25, 0.3) is 5.91 Å². The van der Waals surface area contributed by atoms with Gasteiger partial charge < -0.3 is 0 Å². The van der Waals surface area contributed by atoms with Crippen LogP contribution in [0, 0.1) is 5.82 Å². The molecule has 0 saturated carbocycles. The summed E-state index contributed by atoms with van der Waals surface area (Å²) in [5, 5.41) is 0. The Morgan fingerprint density at radius 1 is 1.10 bits per heavy atom. The fourth-order valence-electron chi connectivity index (χ4n) is 2.65. The molecule has 2 heterocycles. The molecule has 2 aliphatic heterocycles. The van der Waals surface area contributed by atoms with Crippen LogP contribution in [-0.4, -0.2) is 47.4 Å². The molecule has 0 spiro atoms. The van der Waals surface area contributed by atoms with Gasteiger partial charge in [0.1, 0.15) is 5.82 Å². The molecule has 106 valence electrons. The van der Waals surface area contributed by atoms with Gasteiger partial charge in [-0.25, -0.2) is 9.29 Å². The number of amides is 2. The summed E-state index contributed by atoms with van der Waals surface area (Å²) in [6, 6.07) is 5.12. The molecule has 0 radical (unpaired) electrons. The first-order valence-corrected chi connectivity index (χ1v) is 7.76. The Morgan fingerprint density at radius 2 is 1.75 bits per heavy atom. The molecule has 0 aliphatic carbocycles. The molecule has 6 heteroatoms. The molecule has 4 nitrogen and oxygen atoms in total. The first kappa shape index (κ1) is 13.6. The Labute approximate surface area is 120 Å². The number of benzene rings is 1. The Bertz CT molecular complexity index is 528. The maximum Gasteiger partial charge on any atom is 0.251 e. The van der Waals surface area contributed by atoms with Crippen molar-refractivity contribution in [3.05, 3.63) is 30.1 Å². The van der Waals surface area contributed by atoms with Gasteiger partial charge in [-0.05, 0) is 24.3 Å². The van der Waals surface area contributed by atoms with Crippen molar-refractivity contribution in [2.45, 2.75) is 12.5 Å². The monoisotopic (exact) mass is 294 g/mol. The second kappa shape index (κ2) is 5.54. The SMILES string of the molecule is O=C1C[C@H](N2CCSCC2)C(=O)N1c1ccc(F)cc1. The van der Waals surface area contributed by atoms with E-state index in [1.165, 1.54) is 29.2 Å². The Hall–Kier alpha value is -1.40. The number of hydrogen-bond acceptors (Lipinski definition) is 4. The molecule has 1 aromatic rings. The fraction of sp³-hybridized carbons (Fsp3) is 0.429. The number of carbonyl (C=O) groups is 2. The number of nitrogens with zero attached hydrogens (tertiary/aromatic N) is 2. The lowest BCUT2D eigenvalue weighted by molar-refractivity contribution is -0.122. The molecule has 0 N–H and O–H groups in total. The van der Waals surface area contributed by atoms with E-state index >= 15 is 0 Å². The van der Waals surface area contributed by atoms with E-state index in [1.807, 2.05) is 11.8 Å². The Kier molecular flexibility index (Phi) is 3.76. The van der Waals surface area contributed by atoms with E-state index in [0.29, 0.717) is 5.69 Å². The third-order valence-electron chi connectivity index (χ3n) is 3.69. The van der Waals surface area contributed by atoms with Crippen molar-refractivity contribution in [1.29, 1.82) is 0 Å². The third-order valence-corrected chi connectivity index (χ3v) is 4.64.